The molecule has 2 N–H and O–H groups in total. The molecule has 1 aromatic carbocycles. The highest BCUT2D eigenvalue weighted by atomic mass is 32.1. The van der Waals surface area contributed by atoms with E-state index in [2.05, 4.69) is 20.6 Å². The van der Waals surface area contributed by atoms with Crippen molar-refractivity contribution in [2.45, 2.75) is 19.8 Å². The summed E-state index contributed by atoms with van der Waals surface area (Å²) in [7, 11) is 0. The third-order valence-corrected chi connectivity index (χ3v) is 4.57. The molecule has 2 aromatic heterocycles. The number of carbonyl (C=O) groups is 1. The Balaban J connectivity index is 1.56. The quantitative estimate of drug-likeness (QED) is 0.733. The number of amides is 2. The van der Waals surface area contributed by atoms with Crippen LogP contribution in [0.15, 0.2) is 47.3 Å². The summed E-state index contributed by atoms with van der Waals surface area (Å²) in [5.74, 6) is 0.694. The minimum Gasteiger partial charge on any atom is -0.445 e. The molecule has 0 saturated heterocycles. The van der Waals surface area contributed by atoms with Crippen LogP contribution in [-0.4, -0.2) is 22.5 Å². The van der Waals surface area contributed by atoms with Crippen LogP contribution in [0, 0.1) is 6.92 Å². The average Bonchev–Trinajstić information content (AvgIpc) is 3.24. The van der Waals surface area contributed by atoms with Gasteiger partial charge in [0.05, 0.1) is 11.2 Å². The van der Waals surface area contributed by atoms with Crippen molar-refractivity contribution in [2.75, 3.05) is 11.9 Å². The second kappa shape index (κ2) is 7.27. The molecule has 124 valence electrons. The zero-order valence-electron chi connectivity index (χ0n) is 13.4. The molecule has 6 nitrogen and oxygen atoms in total. The number of nitrogens with zero attached hydrogens (tertiary/aromatic N) is 2. The van der Waals surface area contributed by atoms with E-state index in [9.17, 15) is 4.79 Å². The maximum Gasteiger partial charge on any atom is 0.319 e. The van der Waals surface area contributed by atoms with Crippen molar-refractivity contribution in [1.29, 1.82) is 0 Å². The first-order valence-corrected chi connectivity index (χ1v) is 8.40. The first-order chi connectivity index (χ1) is 11.6. The van der Waals surface area contributed by atoms with E-state index in [0.717, 1.165) is 10.6 Å². The third kappa shape index (κ3) is 3.99. The van der Waals surface area contributed by atoms with Gasteiger partial charge in [0, 0.05) is 34.8 Å². The summed E-state index contributed by atoms with van der Waals surface area (Å²) in [6.07, 6.45) is 4.96. The Hall–Kier alpha value is -2.67. The second-order valence-electron chi connectivity index (χ2n) is 5.46. The molecule has 0 aliphatic rings. The van der Waals surface area contributed by atoms with Gasteiger partial charge < -0.3 is 15.1 Å². The van der Waals surface area contributed by atoms with Crippen LogP contribution in [0.2, 0.25) is 0 Å². The number of benzene rings is 1. The van der Waals surface area contributed by atoms with Gasteiger partial charge in [0.2, 0.25) is 5.89 Å². The molecule has 0 saturated carbocycles. The molecule has 0 bridgehead atoms. The maximum absolute atomic E-state index is 12.1. The number of hydrogen-bond donors (Lipinski definition) is 2. The lowest BCUT2D eigenvalue weighted by Crippen LogP contribution is -2.31. The Morgan fingerprint density at radius 2 is 2.25 bits per heavy atom. The Bertz CT molecular complexity index is 814. The van der Waals surface area contributed by atoms with E-state index >= 15 is 0 Å². The molecule has 0 fully saturated rings. The molecule has 2 heterocycles. The van der Waals surface area contributed by atoms with E-state index in [1.165, 1.54) is 11.1 Å². The van der Waals surface area contributed by atoms with E-state index < -0.39 is 0 Å². The van der Waals surface area contributed by atoms with Crippen LogP contribution in [0.3, 0.4) is 0 Å². The molecule has 0 unspecified atom stereocenters. The maximum atomic E-state index is 12.1. The summed E-state index contributed by atoms with van der Waals surface area (Å²) in [6.45, 7) is 4.59. The summed E-state index contributed by atoms with van der Waals surface area (Å²) < 4.78 is 5.26. The topological polar surface area (TPSA) is 80.0 Å². The number of aromatic nitrogens is 2. The Morgan fingerprint density at radius 1 is 1.38 bits per heavy atom. The molecule has 0 radical (unpaired) electrons. The standard InChI is InChI=1S/C17H18N4O2S/c1-11(16-19-10-12(2)24-16)9-20-17(22)21-14-5-3-4-13(8-14)15-18-6-7-23-15/h3-8,10-11H,9H2,1-2H3,(H2,20,21,22)/t11-/m1/s1. The first kappa shape index (κ1) is 16.2. The number of oxazole rings is 1. The number of thiazole rings is 1. The summed E-state index contributed by atoms with van der Waals surface area (Å²) in [4.78, 5) is 21.7. The van der Waals surface area contributed by atoms with Crippen LogP contribution in [0.25, 0.3) is 11.5 Å². The first-order valence-electron chi connectivity index (χ1n) is 7.59. The SMILES string of the molecule is Cc1cnc([C@H](C)CNC(=O)Nc2cccc(-c3ncco3)c2)s1. The zero-order valence-corrected chi connectivity index (χ0v) is 14.3. The number of anilines is 1. The molecular formula is C17H18N4O2S. The lowest BCUT2D eigenvalue weighted by molar-refractivity contribution is 0.251. The molecular weight excluding hydrogens is 324 g/mol. The predicted octanol–water partition coefficient (Wildman–Crippen LogP) is 4.03. The average molecular weight is 342 g/mol. The van der Waals surface area contributed by atoms with Gasteiger partial charge in [-0.1, -0.05) is 13.0 Å². The minimum absolute atomic E-state index is 0.174. The predicted molar refractivity (Wildman–Crippen MR) is 94.2 cm³/mol. The van der Waals surface area contributed by atoms with Crippen LogP contribution >= 0.6 is 11.3 Å². The van der Waals surface area contributed by atoms with Crippen molar-refractivity contribution in [3.05, 3.63) is 52.8 Å². The molecule has 0 spiro atoms. The van der Waals surface area contributed by atoms with Gasteiger partial charge in [0.25, 0.3) is 0 Å². The van der Waals surface area contributed by atoms with Crippen LogP contribution in [0.1, 0.15) is 22.7 Å². The molecule has 3 rings (SSSR count). The number of carbonyl (C=O) groups excluding carboxylic acids is 1. The summed E-state index contributed by atoms with van der Waals surface area (Å²) in [6, 6.07) is 7.11. The molecule has 7 heteroatoms. The van der Waals surface area contributed by atoms with Crippen molar-refractivity contribution in [3.8, 4) is 11.5 Å². The Kier molecular flexibility index (Phi) is 4.90. The number of urea groups is 1. The highest BCUT2D eigenvalue weighted by Crippen LogP contribution is 2.22. The second-order valence-corrected chi connectivity index (χ2v) is 6.73. The van der Waals surface area contributed by atoms with Crippen molar-refractivity contribution in [3.63, 3.8) is 0 Å². The Labute approximate surface area is 144 Å². The van der Waals surface area contributed by atoms with Gasteiger partial charge in [-0.3, -0.25) is 0 Å². The zero-order chi connectivity index (χ0) is 16.9. The molecule has 24 heavy (non-hydrogen) atoms. The molecule has 0 aliphatic heterocycles. The van der Waals surface area contributed by atoms with Gasteiger partial charge in [-0.05, 0) is 25.1 Å². The van der Waals surface area contributed by atoms with Gasteiger partial charge >= 0.3 is 6.03 Å². The minimum atomic E-state index is -0.250. The van der Waals surface area contributed by atoms with Crippen molar-refractivity contribution in [1.82, 2.24) is 15.3 Å². The number of nitrogens with one attached hydrogen (secondary N) is 2. The fraction of sp³-hybridized carbons (Fsp3) is 0.235. The van der Waals surface area contributed by atoms with Gasteiger partial charge in [-0.25, -0.2) is 14.8 Å². The monoisotopic (exact) mass is 342 g/mol. The lowest BCUT2D eigenvalue weighted by atomic mass is 10.2. The van der Waals surface area contributed by atoms with Crippen LogP contribution in [0.4, 0.5) is 10.5 Å². The highest BCUT2D eigenvalue weighted by molar-refractivity contribution is 7.11. The number of rotatable bonds is 5. The van der Waals surface area contributed by atoms with E-state index in [0.29, 0.717) is 18.1 Å². The summed E-state index contributed by atoms with van der Waals surface area (Å²) in [5.41, 5.74) is 1.49. The van der Waals surface area contributed by atoms with Crippen LogP contribution < -0.4 is 10.6 Å². The highest BCUT2D eigenvalue weighted by Gasteiger charge is 2.11. The van der Waals surface area contributed by atoms with E-state index in [1.54, 1.807) is 17.5 Å². The normalized spacial score (nSPS) is 11.9. The number of hydrogen-bond acceptors (Lipinski definition) is 5. The van der Waals surface area contributed by atoms with Gasteiger partial charge in [-0.2, -0.15) is 0 Å². The fourth-order valence-electron chi connectivity index (χ4n) is 2.20. The van der Waals surface area contributed by atoms with Crippen molar-refractivity contribution in [2.24, 2.45) is 0 Å². The molecule has 2 amide bonds. The molecule has 1 atom stereocenters. The summed E-state index contributed by atoms with van der Waals surface area (Å²) >= 11 is 1.65. The largest absolute Gasteiger partial charge is 0.445 e. The van der Waals surface area contributed by atoms with Gasteiger partial charge in [-0.15, -0.1) is 11.3 Å². The van der Waals surface area contributed by atoms with E-state index in [4.69, 9.17) is 4.42 Å². The fourth-order valence-corrected chi connectivity index (χ4v) is 3.03. The van der Waals surface area contributed by atoms with Crippen molar-refractivity contribution < 1.29 is 9.21 Å². The molecule has 3 aromatic rings. The van der Waals surface area contributed by atoms with E-state index in [-0.39, 0.29) is 11.9 Å². The smallest absolute Gasteiger partial charge is 0.319 e. The lowest BCUT2D eigenvalue weighted by Gasteiger charge is -2.11. The summed E-state index contributed by atoms with van der Waals surface area (Å²) in [5, 5.41) is 6.72. The Morgan fingerprint density at radius 3 is 2.96 bits per heavy atom. The van der Waals surface area contributed by atoms with Gasteiger partial charge in [0.15, 0.2) is 0 Å². The number of aryl methyl sites for hydroxylation is 1. The van der Waals surface area contributed by atoms with Crippen molar-refractivity contribution >= 4 is 23.1 Å². The van der Waals surface area contributed by atoms with Crippen LogP contribution in [0.5, 0.6) is 0 Å². The third-order valence-electron chi connectivity index (χ3n) is 3.43. The molecule has 0 aliphatic carbocycles. The van der Waals surface area contributed by atoms with Gasteiger partial charge in [0.1, 0.15) is 6.26 Å². The van der Waals surface area contributed by atoms with E-state index in [1.807, 2.05) is 44.3 Å². The van der Waals surface area contributed by atoms with Crippen LogP contribution in [-0.2, 0) is 0 Å².